The van der Waals surface area contributed by atoms with Gasteiger partial charge in [-0.15, -0.1) is 0 Å². The molecule has 0 atom stereocenters. The Balaban J connectivity index is -0.000000427. The van der Waals surface area contributed by atoms with E-state index in [0.717, 1.165) is 0 Å². The van der Waals surface area contributed by atoms with Gasteiger partial charge in [0.1, 0.15) is 0 Å². The summed E-state index contributed by atoms with van der Waals surface area (Å²) in [4.78, 5) is 0. The second-order valence-electron chi connectivity index (χ2n) is 3.05. The van der Waals surface area contributed by atoms with Crippen molar-refractivity contribution in [1.29, 1.82) is 0 Å². The second kappa shape index (κ2) is 20.6. The largest absolute Gasteiger partial charge is 1.00 e. The summed E-state index contributed by atoms with van der Waals surface area (Å²) in [6.45, 7) is 4.69. The Morgan fingerprint density at radius 1 is 0.667 bits per heavy atom. The smallest absolute Gasteiger partial charge is 1.00 e. The zero-order valence-corrected chi connectivity index (χ0v) is 14.8. The van der Waals surface area contributed by atoms with Crippen LogP contribution in [0.3, 0.4) is 0 Å². The molecule has 0 aliphatic carbocycles. The maximum absolute atomic E-state index is 5.26. The van der Waals surface area contributed by atoms with Gasteiger partial charge in [-0.05, 0) is 0 Å². The first-order valence-corrected chi connectivity index (χ1v) is 6.54. The van der Waals surface area contributed by atoms with Crippen LogP contribution in [0.25, 0.3) is 0 Å². The van der Waals surface area contributed by atoms with Crippen molar-refractivity contribution in [2.45, 2.75) is 0 Å². The third-order valence-electron chi connectivity index (χ3n) is 1.69. The van der Waals surface area contributed by atoms with Crippen LogP contribution in [0.4, 0.5) is 0 Å². The molecule has 0 bridgehead atoms. The van der Waals surface area contributed by atoms with Gasteiger partial charge in [0.25, 0.3) is 0 Å². The van der Waals surface area contributed by atoms with Gasteiger partial charge in [-0.3, -0.25) is 0 Å². The average Bonchev–Trinajstić information content (AvgIpc) is 2.35. The number of rotatable bonds is 14. The van der Waals surface area contributed by atoms with Crippen molar-refractivity contribution in [2.75, 3.05) is 67.1 Å². The molecule has 0 fully saturated rings. The second-order valence-corrected chi connectivity index (χ2v) is 3.91. The van der Waals surface area contributed by atoms with Gasteiger partial charge in [-0.2, -0.15) is 0 Å². The van der Waals surface area contributed by atoms with E-state index >= 15 is 0 Å². The van der Waals surface area contributed by atoms with Crippen LogP contribution >= 0.6 is 0 Å². The van der Waals surface area contributed by atoms with E-state index in [9.17, 15) is 0 Å². The standard InChI is InChI=1S/2C5H11O3.Al.Na.2H/c2*1-7-4-5-8-3-2-6;;;;/h2*2-5H2,1H3;;;;/q2*-1;+3;+1;2*-1. The molecular weight excluding hydrogens is 266 g/mol. The third-order valence-corrected chi connectivity index (χ3v) is 2.43. The predicted molar refractivity (Wildman–Crippen MR) is 65.3 cm³/mol. The fourth-order valence-corrected chi connectivity index (χ4v) is 1.33. The molecule has 0 aromatic rings. The van der Waals surface area contributed by atoms with Gasteiger partial charge < -0.3 is 2.85 Å². The summed E-state index contributed by atoms with van der Waals surface area (Å²) >= 11 is -0.428. The zero-order valence-electron chi connectivity index (χ0n) is 13.7. The first-order valence-electron chi connectivity index (χ1n) is 5.60. The minimum Gasteiger partial charge on any atom is -1.00 e. The molecule has 0 saturated carbocycles. The van der Waals surface area contributed by atoms with Crippen LogP contribution in [0.15, 0.2) is 0 Å². The van der Waals surface area contributed by atoms with Crippen LogP contribution in [-0.4, -0.2) is 83.0 Å². The SMILES string of the molecule is COCCOCC[O][Al+][O]CCOCCOC.[H-].[H-].[Na+]. The minimum absolute atomic E-state index is 0. The van der Waals surface area contributed by atoms with Crippen LogP contribution in [0.5, 0.6) is 0 Å². The molecule has 0 radical (unpaired) electrons. The van der Waals surface area contributed by atoms with Crippen molar-refractivity contribution < 1.29 is 58.9 Å². The number of ether oxygens (including phenoxy) is 4. The summed E-state index contributed by atoms with van der Waals surface area (Å²) in [5, 5.41) is 0. The molecule has 8 heteroatoms. The fraction of sp³-hybridized carbons (Fsp3) is 1.00. The summed E-state index contributed by atoms with van der Waals surface area (Å²) in [6, 6.07) is 0. The molecule has 0 aromatic heterocycles. The van der Waals surface area contributed by atoms with E-state index in [-0.39, 0.29) is 32.4 Å². The van der Waals surface area contributed by atoms with Crippen molar-refractivity contribution in [3.05, 3.63) is 0 Å². The Bertz CT molecular complexity index is 139. The quantitative estimate of drug-likeness (QED) is 0.253. The molecule has 0 saturated heterocycles. The number of hydrogen-bond donors (Lipinski definition) is 0. The van der Waals surface area contributed by atoms with Crippen molar-refractivity contribution in [3.63, 3.8) is 0 Å². The number of hydrogen-bond acceptors (Lipinski definition) is 6. The summed E-state index contributed by atoms with van der Waals surface area (Å²) in [5.41, 5.74) is 0. The van der Waals surface area contributed by atoms with Gasteiger partial charge in [0.15, 0.2) is 0 Å². The van der Waals surface area contributed by atoms with E-state index in [1.54, 1.807) is 14.2 Å². The van der Waals surface area contributed by atoms with Gasteiger partial charge in [0.2, 0.25) is 0 Å². The molecule has 6 nitrogen and oxygen atoms in total. The monoisotopic (exact) mass is 290 g/mol. The molecule has 104 valence electrons. The van der Waals surface area contributed by atoms with Crippen molar-refractivity contribution in [3.8, 4) is 0 Å². The molecule has 0 aromatic carbocycles. The van der Waals surface area contributed by atoms with Gasteiger partial charge in [0.05, 0.1) is 0 Å². The molecule has 0 rings (SSSR count). The minimum atomic E-state index is -0.428. The van der Waals surface area contributed by atoms with E-state index in [1.807, 2.05) is 0 Å². The van der Waals surface area contributed by atoms with Gasteiger partial charge in [-0.25, -0.2) is 0 Å². The predicted octanol–water partition coefficient (Wildman–Crippen LogP) is -2.89. The Morgan fingerprint density at radius 2 is 1.06 bits per heavy atom. The normalized spacial score (nSPS) is 9.89. The Morgan fingerprint density at radius 3 is 1.44 bits per heavy atom. The summed E-state index contributed by atoms with van der Waals surface area (Å²) in [7, 11) is 3.29. The summed E-state index contributed by atoms with van der Waals surface area (Å²) in [5.74, 6) is 0. The Hall–Kier alpha value is 1.29. The molecule has 0 aliphatic heterocycles. The Labute approximate surface area is 141 Å². The molecule has 0 heterocycles. The van der Waals surface area contributed by atoms with Gasteiger partial charge in [-0.1, -0.05) is 0 Å². The van der Waals surface area contributed by atoms with E-state index in [1.165, 1.54) is 0 Å². The molecular formula is C10H24AlNaO6. The topological polar surface area (TPSA) is 55.4 Å². The van der Waals surface area contributed by atoms with E-state index in [4.69, 9.17) is 26.5 Å². The van der Waals surface area contributed by atoms with Crippen LogP contribution in [0.2, 0.25) is 0 Å². The molecule has 0 unspecified atom stereocenters. The Kier molecular flexibility index (Phi) is 24.7. The fourth-order valence-electron chi connectivity index (χ4n) is 0.847. The van der Waals surface area contributed by atoms with E-state index in [2.05, 4.69) is 0 Å². The van der Waals surface area contributed by atoms with Crippen LogP contribution in [0.1, 0.15) is 2.85 Å². The van der Waals surface area contributed by atoms with E-state index < -0.39 is 15.9 Å². The van der Waals surface area contributed by atoms with Crippen molar-refractivity contribution in [1.82, 2.24) is 0 Å². The van der Waals surface area contributed by atoms with Crippen molar-refractivity contribution in [2.24, 2.45) is 0 Å². The maximum Gasteiger partial charge on any atom is 1.00 e. The summed E-state index contributed by atoms with van der Waals surface area (Å²) < 4.78 is 30.6. The molecule has 0 spiro atoms. The van der Waals surface area contributed by atoms with Gasteiger partial charge >= 0.3 is 139 Å². The van der Waals surface area contributed by atoms with Crippen molar-refractivity contribution >= 4 is 15.9 Å². The average molecular weight is 290 g/mol. The molecule has 0 amide bonds. The molecule has 18 heavy (non-hydrogen) atoms. The van der Waals surface area contributed by atoms with Crippen LogP contribution in [-0.2, 0) is 26.5 Å². The molecule has 0 aliphatic rings. The van der Waals surface area contributed by atoms with E-state index in [0.29, 0.717) is 52.9 Å². The zero-order chi connectivity index (χ0) is 12.6. The summed E-state index contributed by atoms with van der Waals surface area (Å²) in [6.07, 6.45) is 0. The van der Waals surface area contributed by atoms with Crippen LogP contribution in [0, 0.1) is 0 Å². The first kappa shape index (κ1) is 21.6. The number of methoxy groups -OCH3 is 2. The maximum atomic E-state index is 5.26. The van der Waals surface area contributed by atoms with Gasteiger partial charge in [0, 0.05) is 0 Å². The first-order chi connectivity index (χ1) is 8.41. The third kappa shape index (κ3) is 19.6. The van der Waals surface area contributed by atoms with Crippen LogP contribution < -0.4 is 29.6 Å². The molecule has 0 N–H and O–H groups in total.